The number of nitrogens with zero attached hydrogens (tertiary/aromatic N) is 3. The van der Waals surface area contributed by atoms with E-state index in [4.69, 9.17) is 0 Å². The van der Waals surface area contributed by atoms with Crippen LogP contribution in [0.5, 0.6) is 5.88 Å². The van der Waals surface area contributed by atoms with Crippen LogP contribution < -0.4 is 10.1 Å². The molecule has 0 aliphatic carbocycles. The lowest BCUT2D eigenvalue weighted by Gasteiger charge is -2.32. The average molecular weight is 344 g/mol. The standard InChI is InChI=1S/C16H23F3N4O/c1-12-5-7-23(8-6-12)15(20-2)22-10-13-3-4-14(21-9-13)24-11-16(17,18)19/h3-4,9,12H,5-8,10-11H2,1-2H3,(H,20,22). The van der Waals surface area contributed by atoms with Gasteiger partial charge in [-0.1, -0.05) is 13.0 Å². The average Bonchev–Trinajstić information content (AvgIpc) is 2.55. The van der Waals surface area contributed by atoms with Crippen LogP contribution in [-0.2, 0) is 6.54 Å². The van der Waals surface area contributed by atoms with E-state index < -0.39 is 12.8 Å². The molecule has 134 valence electrons. The molecule has 0 amide bonds. The van der Waals surface area contributed by atoms with Gasteiger partial charge >= 0.3 is 6.18 Å². The lowest BCUT2D eigenvalue weighted by Crippen LogP contribution is -2.45. The monoisotopic (exact) mass is 344 g/mol. The molecule has 1 aromatic heterocycles. The third kappa shape index (κ3) is 5.90. The molecular weight excluding hydrogens is 321 g/mol. The quantitative estimate of drug-likeness (QED) is 0.674. The number of pyridine rings is 1. The predicted octanol–water partition coefficient (Wildman–Crippen LogP) is 2.83. The second kappa shape index (κ2) is 8.21. The molecule has 1 fully saturated rings. The third-order valence-electron chi connectivity index (χ3n) is 3.93. The van der Waals surface area contributed by atoms with Crippen molar-refractivity contribution < 1.29 is 17.9 Å². The predicted molar refractivity (Wildman–Crippen MR) is 86.0 cm³/mol. The van der Waals surface area contributed by atoms with Crippen molar-refractivity contribution in [1.82, 2.24) is 15.2 Å². The first-order chi connectivity index (χ1) is 11.4. The topological polar surface area (TPSA) is 49.8 Å². The fraction of sp³-hybridized carbons (Fsp3) is 0.625. The van der Waals surface area contributed by atoms with Crippen LogP contribution in [0, 0.1) is 5.92 Å². The summed E-state index contributed by atoms with van der Waals surface area (Å²) in [6.07, 6.45) is -0.564. The van der Waals surface area contributed by atoms with Crippen LogP contribution in [0.4, 0.5) is 13.2 Å². The minimum atomic E-state index is -4.36. The van der Waals surface area contributed by atoms with Crippen molar-refractivity contribution >= 4 is 5.96 Å². The molecule has 24 heavy (non-hydrogen) atoms. The van der Waals surface area contributed by atoms with Gasteiger partial charge in [0.15, 0.2) is 12.6 Å². The number of hydrogen-bond donors (Lipinski definition) is 1. The molecule has 5 nitrogen and oxygen atoms in total. The maximum atomic E-state index is 12.1. The molecule has 0 atom stereocenters. The normalized spacial score (nSPS) is 17.0. The Kier molecular flexibility index (Phi) is 6.28. The molecule has 1 saturated heterocycles. The van der Waals surface area contributed by atoms with Gasteiger partial charge < -0.3 is 15.0 Å². The Morgan fingerprint density at radius 3 is 2.62 bits per heavy atom. The minimum absolute atomic E-state index is 0.0366. The molecule has 0 spiro atoms. The van der Waals surface area contributed by atoms with E-state index in [1.165, 1.54) is 12.3 Å². The molecule has 8 heteroatoms. The van der Waals surface area contributed by atoms with Crippen molar-refractivity contribution in [2.75, 3.05) is 26.7 Å². The lowest BCUT2D eigenvalue weighted by atomic mass is 10.00. The second-order valence-electron chi connectivity index (χ2n) is 5.98. The van der Waals surface area contributed by atoms with E-state index in [2.05, 4.69) is 31.9 Å². The summed E-state index contributed by atoms with van der Waals surface area (Å²) in [4.78, 5) is 10.4. The number of hydrogen-bond acceptors (Lipinski definition) is 3. The molecule has 1 N–H and O–H groups in total. The van der Waals surface area contributed by atoms with E-state index in [-0.39, 0.29) is 5.88 Å². The first kappa shape index (κ1) is 18.4. The molecule has 0 saturated carbocycles. The lowest BCUT2D eigenvalue weighted by molar-refractivity contribution is -0.154. The molecule has 0 aromatic carbocycles. The van der Waals surface area contributed by atoms with Crippen LogP contribution in [0.15, 0.2) is 23.3 Å². The number of aliphatic imine (C=N–C) groups is 1. The van der Waals surface area contributed by atoms with E-state index in [9.17, 15) is 13.2 Å². The van der Waals surface area contributed by atoms with Crippen LogP contribution in [0.2, 0.25) is 0 Å². The number of guanidine groups is 1. The molecular formula is C16H23F3N4O. The Hall–Kier alpha value is -1.99. The van der Waals surface area contributed by atoms with E-state index >= 15 is 0 Å². The fourth-order valence-corrected chi connectivity index (χ4v) is 2.49. The van der Waals surface area contributed by atoms with Crippen LogP contribution in [0.3, 0.4) is 0 Å². The Bertz CT molecular complexity index is 537. The zero-order valence-corrected chi connectivity index (χ0v) is 13.9. The van der Waals surface area contributed by atoms with Crippen LogP contribution in [0.25, 0.3) is 0 Å². The van der Waals surface area contributed by atoms with Gasteiger partial charge in [-0.3, -0.25) is 4.99 Å². The first-order valence-electron chi connectivity index (χ1n) is 7.97. The van der Waals surface area contributed by atoms with E-state index in [0.717, 1.165) is 43.4 Å². The highest BCUT2D eigenvalue weighted by Crippen LogP contribution is 2.17. The van der Waals surface area contributed by atoms with E-state index in [0.29, 0.717) is 6.54 Å². The van der Waals surface area contributed by atoms with Crippen molar-refractivity contribution in [3.05, 3.63) is 23.9 Å². The zero-order valence-electron chi connectivity index (χ0n) is 13.9. The SMILES string of the molecule is CN=C(NCc1ccc(OCC(F)(F)F)nc1)N1CCC(C)CC1. The second-order valence-corrected chi connectivity index (χ2v) is 5.98. The molecule has 0 radical (unpaired) electrons. The number of likely N-dealkylation sites (tertiary alicyclic amines) is 1. The number of piperidine rings is 1. The number of rotatable bonds is 4. The molecule has 1 aliphatic heterocycles. The Labute approximate surface area is 139 Å². The number of nitrogens with one attached hydrogen (secondary N) is 1. The Balaban J connectivity index is 1.82. The van der Waals surface area contributed by atoms with Crippen molar-refractivity contribution in [2.24, 2.45) is 10.9 Å². The van der Waals surface area contributed by atoms with Gasteiger partial charge in [0, 0.05) is 38.9 Å². The van der Waals surface area contributed by atoms with Gasteiger partial charge in [0.25, 0.3) is 0 Å². The van der Waals surface area contributed by atoms with Gasteiger partial charge in [0.05, 0.1) is 0 Å². The van der Waals surface area contributed by atoms with Crippen molar-refractivity contribution in [1.29, 1.82) is 0 Å². The molecule has 1 aliphatic rings. The summed E-state index contributed by atoms with van der Waals surface area (Å²) in [5, 5.41) is 3.26. The number of alkyl halides is 3. The number of ether oxygens (including phenoxy) is 1. The molecule has 2 rings (SSSR count). The largest absolute Gasteiger partial charge is 0.468 e. The first-order valence-corrected chi connectivity index (χ1v) is 7.97. The van der Waals surface area contributed by atoms with Crippen LogP contribution in [0.1, 0.15) is 25.3 Å². The van der Waals surface area contributed by atoms with E-state index in [1.807, 2.05) is 0 Å². The summed E-state index contributed by atoms with van der Waals surface area (Å²) in [6, 6.07) is 3.13. The van der Waals surface area contributed by atoms with Crippen molar-refractivity contribution in [3.8, 4) is 5.88 Å². The van der Waals surface area contributed by atoms with Gasteiger partial charge in [-0.25, -0.2) is 4.98 Å². The third-order valence-corrected chi connectivity index (χ3v) is 3.93. The minimum Gasteiger partial charge on any atom is -0.468 e. The summed E-state index contributed by atoms with van der Waals surface area (Å²) in [7, 11) is 1.74. The molecule has 2 heterocycles. The highest BCUT2D eigenvalue weighted by molar-refractivity contribution is 5.79. The van der Waals surface area contributed by atoms with Crippen LogP contribution >= 0.6 is 0 Å². The van der Waals surface area contributed by atoms with Gasteiger partial charge in [-0.2, -0.15) is 13.2 Å². The number of halogens is 3. The fourth-order valence-electron chi connectivity index (χ4n) is 2.49. The summed E-state index contributed by atoms with van der Waals surface area (Å²) >= 11 is 0. The highest BCUT2D eigenvalue weighted by atomic mass is 19.4. The number of aromatic nitrogens is 1. The van der Waals surface area contributed by atoms with Crippen molar-refractivity contribution in [3.63, 3.8) is 0 Å². The summed E-state index contributed by atoms with van der Waals surface area (Å²) < 4.78 is 40.9. The molecule has 0 bridgehead atoms. The molecule has 1 aromatic rings. The Morgan fingerprint density at radius 2 is 2.08 bits per heavy atom. The highest BCUT2D eigenvalue weighted by Gasteiger charge is 2.28. The summed E-state index contributed by atoms with van der Waals surface area (Å²) in [5.41, 5.74) is 0.848. The molecule has 0 unspecified atom stereocenters. The maximum Gasteiger partial charge on any atom is 0.422 e. The van der Waals surface area contributed by atoms with Gasteiger partial charge in [-0.05, 0) is 24.3 Å². The Morgan fingerprint density at radius 1 is 1.38 bits per heavy atom. The van der Waals surface area contributed by atoms with Crippen molar-refractivity contribution in [2.45, 2.75) is 32.5 Å². The van der Waals surface area contributed by atoms with Gasteiger partial charge in [0.1, 0.15) is 0 Å². The summed E-state index contributed by atoms with van der Waals surface area (Å²) in [6.45, 7) is 3.37. The van der Waals surface area contributed by atoms with Gasteiger partial charge in [-0.15, -0.1) is 0 Å². The van der Waals surface area contributed by atoms with E-state index in [1.54, 1.807) is 13.1 Å². The maximum absolute atomic E-state index is 12.1. The van der Waals surface area contributed by atoms with Crippen LogP contribution in [-0.4, -0.2) is 48.8 Å². The smallest absolute Gasteiger partial charge is 0.422 e. The van der Waals surface area contributed by atoms with Gasteiger partial charge in [0.2, 0.25) is 5.88 Å². The zero-order chi connectivity index (χ0) is 17.6. The summed E-state index contributed by atoms with van der Waals surface area (Å²) in [5.74, 6) is 1.54.